The lowest BCUT2D eigenvalue weighted by Crippen LogP contribution is -2.18. The number of para-hydroxylation sites is 4. The first kappa shape index (κ1) is 38.7. The molecule has 0 saturated carbocycles. The van der Waals surface area contributed by atoms with Crippen molar-refractivity contribution in [3.8, 4) is 27.9 Å². The van der Waals surface area contributed by atoms with Gasteiger partial charge in [0.25, 0.3) is 0 Å². The van der Waals surface area contributed by atoms with Crippen LogP contribution in [-0.2, 0) is 6.42 Å². The first-order chi connectivity index (χ1) is 35.2. The molecule has 0 unspecified atom stereocenters. The zero-order valence-electron chi connectivity index (χ0n) is 38.7. The first-order valence-electron chi connectivity index (χ1n) is 24.8. The zero-order chi connectivity index (χ0) is 46.3. The molecule has 1 aromatic heterocycles. The lowest BCUT2D eigenvalue weighted by Gasteiger charge is -2.34. The topological polar surface area (TPSA) is 8.17 Å². The molecule has 0 radical (unpaired) electrons. The summed E-state index contributed by atoms with van der Waals surface area (Å²) in [4.78, 5) is 2.50. The van der Waals surface area contributed by atoms with Gasteiger partial charge in [-0.2, -0.15) is 0 Å². The van der Waals surface area contributed by atoms with E-state index < -0.39 is 0 Å². The van der Waals surface area contributed by atoms with E-state index in [1.165, 1.54) is 142 Å². The summed E-state index contributed by atoms with van der Waals surface area (Å²) in [6.07, 6.45) is 0.907. The van der Waals surface area contributed by atoms with E-state index in [2.05, 4.69) is 252 Å². The molecule has 16 rings (SSSR count). The van der Waals surface area contributed by atoms with Crippen LogP contribution < -0.4 is 4.90 Å². The smallest absolute Gasteiger partial charge is 0.0541 e. The largest absolute Gasteiger partial charge is 0.310 e. The van der Waals surface area contributed by atoms with E-state index in [1.807, 2.05) is 0 Å². The number of hydrogen-bond acceptors (Lipinski definition) is 1. The summed E-state index contributed by atoms with van der Waals surface area (Å²) in [5, 5.41) is 20.2. The Morgan fingerprint density at radius 1 is 0.282 bits per heavy atom. The summed E-state index contributed by atoms with van der Waals surface area (Å²) >= 11 is 0. The zero-order valence-corrected chi connectivity index (χ0v) is 38.7. The van der Waals surface area contributed by atoms with E-state index in [0.717, 1.165) is 17.8 Å². The van der Waals surface area contributed by atoms with Crippen molar-refractivity contribution in [3.05, 3.63) is 254 Å². The van der Waals surface area contributed by atoms with Crippen LogP contribution in [0.5, 0.6) is 0 Å². The summed E-state index contributed by atoms with van der Waals surface area (Å²) in [6.45, 7) is 0. The molecule has 0 saturated heterocycles. The van der Waals surface area contributed by atoms with Crippen LogP contribution in [0.1, 0.15) is 11.1 Å². The molecule has 0 atom stereocenters. The fourth-order valence-electron chi connectivity index (χ4n) is 12.9. The van der Waals surface area contributed by atoms with Gasteiger partial charge < -0.3 is 9.47 Å². The standard InChI is InChI=1S/C69H42N2/c1-2-15-44-38-47(31-30-42(44)14-1)67-58-34-32-48(70-62-26-7-3-16-45(62)39-46-17-4-8-27-63(46)70)41-61(58)69(59-35-33-49(40-60(59)67)71-64-28-9-5-20-50(64)51-21-6-10-29-65(51)71)57-37-36-56-53-23-12-19-43-18-11-22-52(66(43)53)54-24-13-25-55(57)68(54)56/h1-38,40-41H,39H2. The van der Waals surface area contributed by atoms with Crippen molar-refractivity contribution in [1.82, 2.24) is 4.57 Å². The van der Waals surface area contributed by atoms with Crippen molar-refractivity contribution < 1.29 is 0 Å². The van der Waals surface area contributed by atoms with Crippen molar-refractivity contribution >= 4 is 114 Å². The van der Waals surface area contributed by atoms with E-state index in [-0.39, 0.29) is 0 Å². The van der Waals surface area contributed by atoms with E-state index >= 15 is 0 Å². The molecule has 71 heavy (non-hydrogen) atoms. The molecular formula is C69H42N2. The van der Waals surface area contributed by atoms with Crippen molar-refractivity contribution in [2.45, 2.75) is 6.42 Å². The Bertz CT molecular complexity index is 4600. The summed E-state index contributed by atoms with van der Waals surface area (Å²) in [6, 6.07) is 91.3. The van der Waals surface area contributed by atoms with Crippen LogP contribution >= 0.6 is 0 Å². The molecule has 1 aliphatic heterocycles. The minimum absolute atomic E-state index is 0.907. The van der Waals surface area contributed by atoms with Crippen LogP contribution in [0, 0.1) is 0 Å². The maximum absolute atomic E-state index is 2.50. The molecule has 0 N–H and O–H groups in total. The van der Waals surface area contributed by atoms with Gasteiger partial charge in [-0.15, -0.1) is 0 Å². The van der Waals surface area contributed by atoms with Gasteiger partial charge in [-0.25, -0.2) is 0 Å². The number of anilines is 3. The van der Waals surface area contributed by atoms with Gasteiger partial charge in [0.15, 0.2) is 0 Å². The molecule has 2 heterocycles. The predicted molar refractivity (Wildman–Crippen MR) is 303 cm³/mol. The van der Waals surface area contributed by atoms with E-state index in [9.17, 15) is 0 Å². The van der Waals surface area contributed by atoms with Crippen LogP contribution in [0.2, 0.25) is 0 Å². The fourth-order valence-corrected chi connectivity index (χ4v) is 12.9. The summed E-state index contributed by atoms with van der Waals surface area (Å²) in [7, 11) is 0. The Kier molecular flexibility index (Phi) is 7.98. The maximum Gasteiger partial charge on any atom is 0.0541 e. The molecule has 0 aliphatic carbocycles. The van der Waals surface area contributed by atoms with Crippen LogP contribution in [0.25, 0.3) is 125 Å². The molecule has 0 amide bonds. The van der Waals surface area contributed by atoms with E-state index in [1.54, 1.807) is 0 Å². The lowest BCUT2D eigenvalue weighted by molar-refractivity contribution is 1.09. The Morgan fingerprint density at radius 3 is 1.52 bits per heavy atom. The summed E-state index contributed by atoms with van der Waals surface area (Å²) in [5.74, 6) is 0. The third kappa shape index (κ3) is 5.47. The highest BCUT2D eigenvalue weighted by Gasteiger charge is 2.27. The minimum atomic E-state index is 0.907. The Balaban J connectivity index is 1.08. The monoisotopic (exact) mass is 898 g/mol. The second-order valence-electron chi connectivity index (χ2n) is 19.5. The highest BCUT2D eigenvalue weighted by atomic mass is 15.2. The van der Waals surface area contributed by atoms with Crippen LogP contribution in [-0.4, -0.2) is 4.57 Å². The lowest BCUT2D eigenvalue weighted by atomic mass is 9.82. The van der Waals surface area contributed by atoms with Gasteiger partial charge in [0, 0.05) is 39.9 Å². The van der Waals surface area contributed by atoms with Crippen molar-refractivity contribution in [3.63, 3.8) is 0 Å². The maximum atomic E-state index is 2.50. The number of hydrogen-bond donors (Lipinski definition) is 0. The van der Waals surface area contributed by atoms with Gasteiger partial charge >= 0.3 is 0 Å². The van der Waals surface area contributed by atoms with E-state index in [0.29, 0.717) is 0 Å². The second-order valence-corrected chi connectivity index (χ2v) is 19.5. The Hall–Kier alpha value is -9.24. The number of fused-ring (bicyclic) bond motifs is 10. The number of nitrogens with zero attached hydrogens (tertiary/aromatic N) is 2. The fraction of sp³-hybridized carbons (Fsp3) is 0.0145. The summed E-state index contributed by atoms with van der Waals surface area (Å²) in [5.41, 5.74) is 14.7. The molecule has 14 aromatic carbocycles. The van der Waals surface area contributed by atoms with Crippen molar-refractivity contribution in [2.24, 2.45) is 0 Å². The van der Waals surface area contributed by atoms with Crippen LogP contribution in [0.3, 0.4) is 0 Å². The molecule has 2 heteroatoms. The van der Waals surface area contributed by atoms with Crippen molar-refractivity contribution in [2.75, 3.05) is 4.90 Å². The van der Waals surface area contributed by atoms with Gasteiger partial charge in [0.1, 0.15) is 0 Å². The third-order valence-corrected chi connectivity index (χ3v) is 15.9. The molecule has 0 fully saturated rings. The number of rotatable bonds is 4. The average Bonchev–Trinajstić information content (AvgIpc) is 3.77. The van der Waals surface area contributed by atoms with Gasteiger partial charge in [0.05, 0.1) is 11.0 Å². The average molecular weight is 899 g/mol. The Labute approximate surface area is 409 Å². The van der Waals surface area contributed by atoms with Gasteiger partial charge in [-0.05, 0) is 163 Å². The molecular weight excluding hydrogens is 857 g/mol. The molecule has 15 aromatic rings. The highest BCUT2D eigenvalue weighted by molar-refractivity contribution is 6.35. The molecule has 0 spiro atoms. The number of benzene rings is 14. The van der Waals surface area contributed by atoms with Gasteiger partial charge in [0.2, 0.25) is 0 Å². The molecule has 1 aliphatic rings. The van der Waals surface area contributed by atoms with Gasteiger partial charge in [-0.3, -0.25) is 0 Å². The molecule has 2 nitrogen and oxygen atoms in total. The van der Waals surface area contributed by atoms with Crippen molar-refractivity contribution in [1.29, 1.82) is 0 Å². The molecule has 0 bridgehead atoms. The second kappa shape index (κ2) is 14.6. The minimum Gasteiger partial charge on any atom is -0.310 e. The Morgan fingerprint density at radius 2 is 0.789 bits per heavy atom. The third-order valence-electron chi connectivity index (χ3n) is 15.9. The normalized spacial score (nSPS) is 12.7. The van der Waals surface area contributed by atoms with E-state index in [4.69, 9.17) is 0 Å². The van der Waals surface area contributed by atoms with Gasteiger partial charge in [-0.1, -0.05) is 188 Å². The van der Waals surface area contributed by atoms with Crippen LogP contribution in [0.15, 0.2) is 243 Å². The summed E-state index contributed by atoms with van der Waals surface area (Å²) < 4.78 is 2.47. The first-order valence-corrected chi connectivity index (χ1v) is 24.8. The number of aromatic nitrogens is 1. The van der Waals surface area contributed by atoms with Crippen LogP contribution in [0.4, 0.5) is 17.1 Å². The quantitative estimate of drug-likeness (QED) is 0.126. The SMILES string of the molecule is c1ccc2c(c1)Cc1ccccc1N2c1ccc2c(-c3ccc4ccccc4c3)c3cc(-n4c5ccccc5c5ccccc54)ccc3c(-c3ccc4c5cccc6cccc(c7cccc3c74)c65)c2c1. The molecule has 328 valence electrons. The highest BCUT2D eigenvalue weighted by Crippen LogP contribution is 2.52. The predicted octanol–water partition coefficient (Wildman–Crippen LogP) is 19.0.